The van der Waals surface area contributed by atoms with Crippen LogP contribution >= 0.6 is 12.6 Å². The number of aliphatic hydroxyl groups is 1. The predicted molar refractivity (Wildman–Crippen MR) is 73.1 cm³/mol. The zero-order valence-corrected chi connectivity index (χ0v) is 11.8. The van der Waals surface area contributed by atoms with Crippen LogP contribution in [0.1, 0.15) is 19.4 Å². The standard InChI is InChI=1S/C11H12O4S.C2H6/c1-7-3-4-8(16)5-9(7)15-10(6-12)11(13)14-2;1-2/h3-6,12,16H,1-2H3;1-2H3/b10-6-;. The molecule has 0 unspecified atom stereocenters. The smallest absolute Gasteiger partial charge is 0.377 e. The molecular formula is C13H18O4S. The minimum atomic E-state index is -0.744. The highest BCUT2D eigenvalue weighted by Crippen LogP contribution is 2.23. The van der Waals surface area contributed by atoms with Crippen molar-refractivity contribution in [1.82, 2.24) is 0 Å². The summed E-state index contributed by atoms with van der Waals surface area (Å²) in [5.74, 6) is -0.575. The van der Waals surface area contributed by atoms with Gasteiger partial charge in [0, 0.05) is 4.90 Å². The monoisotopic (exact) mass is 270 g/mol. The molecule has 0 fully saturated rings. The molecule has 0 heterocycles. The van der Waals surface area contributed by atoms with Crippen LogP contribution < -0.4 is 4.74 Å². The summed E-state index contributed by atoms with van der Waals surface area (Å²) in [4.78, 5) is 11.8. The molecule has 0 radical (unpaired) electrons. The molecule has 0 amide bonds. The zero-order chi connectivity index (χ0) is 14.1. The van der Waals surface area contributed by atoms with Crippen LogP contribution in [0.4, 0.5) is 0 Å². The van der Waals surface area contributed by atoms with Crippen molar-refractivity contribution < 1.29 is 19.4 Å². The van der Waals surface area contributed by atoms with Gasteiger partial charge in [-0.05, 0) is 24.6 Å². The Bertz CT molecular complexity index is 427. The van der Waals surface area contributed by atoms with E-state index in [2.05, 4.69) is 17.4 Å². The number of aliphatic hydroxyl groups excluding tert-OH is 1. The van der Waals surface area contributed by atoms with Gasteiger partial charge in [0.2, 0.25) is 5.76 Å². The van der Waals surface area contributed by atoms with Gasteiger partial charge < -0.3 is 14.6 Å². The number of aryl methyl sites for hydroxylation is 1. The van der Waals surface area contributed by atoms with E-state index in [1.165, 1.54) is 7.11 Å². The number of rotatable bonds is 3. The Morgan fingerprint density at radius 1 is 1.39 bits per heavy atom. The van der Waals surface area contributed by atoms with Crippen LogP contribution in [0.25, 0.3) is 0 Å². The molecule has 0 aliphatic rings. The van der Waals surface area contributed by atoms with Crippen molar-refractivity contribution in [3.8, 4) is 5.75 Å². The maximum atomic E-state index is 11.1. The molecular weight excluding hydrogens is 252 g/mol. The van der Waals surface area contributed by atoms with Crippen molar-refractivity contribution in [3.63, 3.8) is 0 Å². The number of methoxy groups -OCH3 is 1. The fourth-order valence-corrected chi connectivity index (χ4v) is 1.23. The third-order valence-corrected chi connectivity index (χ3v) is 2.17. The summed E-state index contributed by atoms with van der Waals surface area (Å²) in [5, 5.41) is 8.84. The van der Waals surface area contributed by atoms with Gasteiger partial charge in [0.25, 0.3) is 0 Å². The number of hydrogen-bond acceptors (Lipinski definition) is 5. The van der Waals surface area contributed by atoms with Crippen LogP contribution in [-0.2, 0) is 9.53 Å². The van der Waals surface area contributed by atoms with E-state index in [4.69, 9.17) is 9.84 Å². The molecule has 1 aromatic carbocycles. The Balaban J connectivity index is 0.00000137. The van der Waals surface area contributed by atoms with Gasteiger partial charge in [-0.15, -0.1) is 12.6 Å². The lowest BCUT2D eigenvalue weighted by Crippen LogP contribution is -2.11. The first kappa shape index (κ1) is 16.4. The first-order valence-electron chi connectivity index (χ1n) is 5.48. The fraction of sp³-hybridized carbons (Fsp3) is 0.308. The molecule has 1 aromatic rings. The van der Waals surface area contributed by atoms with Crippen molar-refractivity contribution in [1.29, 1.82) is 0 Å². The molecule has 5 heteroatoms. The highest BCUT2D eigenvalue weighted by atomic mass is 32.1. The van der Waals surface area contributed by atoms with Gasteiger partial charge in [-0.3, -0.25) is 0 Å². The van der Waals surface area contributed by atoms with Crippen LogP contribution in [0, 0.1) is 6.92 Å². The minimum Gasteiger partial charge on any atom is -0.511 e. The van der Waals surface area contributed by atoms with Crippen molar-refractivity contribution in [2.75, 3.05) is 7.11 Å². The Morgan fingerprint density at radius 3 is 2.50 bits per heavy atom. The van der Waals surface area contributed by atoms with Gasteiger partial charge in [0.05, 0.1) is 7.11 Å². The molecule has 0 atom stereocenters. The van der Waals surface area contributed by atoms with Crippen molar-refractivity contribution in [3.05, 3.63) is 35.8 Å². The number of thiol groups is 1. The number of hydrogen-bond donors (Lipinski definition) is 2. The summed E-state index contributed by atoms with van der Waals surface area (Å²) in [7, 11) is 1.21. The molecule has 1 rings (SSSR count). The highest BCUT2D eigenvalue weighted by Gasteiger charge is 2.13. The molecule has 0 saturated heterocycles. The van der Waals surface area contributed by atoms with Crippen molar-refractivity contribution in [2.45, 2.75) is 25.7 Å². The summed E-state index contributed by atoms with van der Waals surface area (Å²) >= 11 is 4.15. The lowest BCUT2D eigenvalue weighted by molar-refractivity contribution is -0.138. The quantitative estimate of drug-likeness (QED) is 0.383. The Labute approximate surface area is 113 Å². The van der Waals surface area contributed by atoms with Gasteiger partial charge in [-0.1, -0.05) is 19.9 Å². The van der Waals surface area contributed by atoms with Crippen molar-refractivity contribution in [2.24, 2.45) is 0 Å². The van der Waals surface area contributed by atoms with Crippen LogP contribution in [0.2, 0.25) is 0 Å². The summed E-state index contributed by atoms with van der Waals surface area (Å²) in [6.07, 6.45) is 0.566. The summed E-state index contributed by atoms with van der Waals surface area (Å²) in [6.45, 7) is 5.81. The highest BCUT2D eigenvalue weighted by molar-refractivity contribution is 7.80. The minimum absolute atomic E-state index is 0.274. The zero-order valence-electron chi connectivity index (χ0n) is 10.9. The van der Waals surface area contributed by atoms with Crippen LogP contribution in [0.3, 0.4) is 0 Å². The Hall–Kier alpha value is -1.62. The second kappa shape index (κ2) is 8.47. The lowest BCUT2D eigenvalue weighted by atomic mass is 10.2. The second-order valence-corrected chi connectivity index (χ2v) is 3.55. The average Bonchev–Trinajstić information content (AvgIpc) is 2.41. The first-order valence-corrected chi connectivity index (χ1v) is 5.93. The van der Waals surface area contributed by atoms with E-state index in [0.29, 0.717) is 16.9 Å². The van der Waals surface area contributed by atoms with Gasteiger partial charge in [0.15, 0.2) is 0 Å². The molecule has 0 aromatic heterocycles. The Kier molecular flexibility index (Phi) is 7.71. The number of benzene rings is 1. The largest absolute Gasteiger partial charge is 0.511 e. The molecule has 0 bridgehead atoms. The average molecular weight is 270 g/mol. The van der Waals surface area contributed by atoms with Crippen molar-refractivity contribution >= 4 is 18.6 Å². The molecule has 18 heavy (non-hydrogen) atoms. The topological polar surface area (TPSA) is 55.8 Å². The predicted octanol–water partition coefficient (Wildman–Crippen LogP) is 3.26. The van der Waals surface area contributed by atoms with E-state index in [1.807, 2.05) is 20.8 Å². The third-order valence-electron chi connectivity index (χ3n) is 1.90. The molecule has 0 aliphatic carbocycles. The van der Waals surface area contributed by atoms with E-state index < -0.39 is 5.97 Å². The number of carbonyl (C=O) groups excluding carboxylic acids is 1. The lowest BCUT2D eigenvalue weighted by Gasteiger charge is -2.09. The van der Waals surface area contributed by atoms with Gasteiger partial charge in [-0.25, -0.2) is 4.79 Å². The molecule has 0 aliphatic heterocycles. The summed E-state index contributed by atoms with van der Waals surface area (Å²) in [6, 6.07) is 5.24. The second-order valence-electron chi connectivity index (χ2n) is 3.04. The number of carbonyl (C=O) groups is 1. The van der Waals surface area contributed by atoms with E-state index in [9.17, 15) is 4.79 Å². The number of ether oxygens (including phenoxy) is 2. The summed E-state index contributed by atoms with van der Waals surface area (Å²) < 4.78 is 9.65. The first-order chi connectivity index (χ1) is 8.58. The summed E-state index contributed by atoms with van der Waals surface area (Å²) in [5.41, 5.74) is 0.820. The van der Waals surface area contributed by atoms with Gasteiger partial charge in [0.1, 0.15) is 12.0 Å². The van der Waals surface area contributed by atoms with E-state index >= 15 is 0 Å². The SMILES string of the molecule is CC.COC(=O)/C(=C/O)Oc1cc(S)ccc1C. The third kappa shape index (κ3) is 4.71. The Morgan fingerprint density at radius 2 is 2.00 bits per heavy atom. The van der Waals surface area contributed by atoms with E-state index in [0.717, 1.165) is 5.56 Å². The molecule has 0 spiro atoms. The van der Waals surface area contributed by atoms with E-state index in [1.54, 1.807) is 18.2 Å². The number of esters is 1. The normalized spacial score (nSPS) is 10.2. The maximum absolute atomic E-state index is 11.1. The van der Waals surface area contributed by atoms with Crippen LogP contribution in [-0.4, -0.2) is 18.2 Å². The van der Waals surface area contributed by atoms with Crippen LogP contribution in [0.15, 0.2) is 35.1 Å². The van der Waals surface area contributed by atoms with Gasteiger partial charge in [-0.2, -0.15) is 0 Å². The van der Waals surface area contributed by atoms with Gasteiger partial charge >= 0.3 is 5.97 Å². The fourth-order valence-electron chi connectivity index (χ4n) is 1.04. The van der Waals surface area contributed by atoms with E-state index in [-0.39, 0.29) is 5.76 Å². The molecule has 4 nitrogen and oxygen atoms in total. The molecule has 100 valence electrons. The maximum Gasteiger partial charge on any atom is 0.377 e. The van der Waals surface area contributed by atoms with Crippen LogP contribution in [0.5, 0.6) is 5.75 Å². The molecule has 0 saturated carbocycles. The molecule has 1 N–H and O–H groups in total.